The molecule has 0 spiro atoms. The molecule has 35 nitrogen and oxygen atoms in total. The zero-order chi connectivity index (χ0) is 58.5. The van der Waals surface area contributed by atoms with Crippen molar-refractivity contribution in [3.8, 4) is 0 Å². The van der Waals surface area contributed by atoms with Gasteiger partial charge in [-0.2, -0.15) is 0 Å². The maximum atomic E-state index is 12.7. The second-order valence-corrected chi connectivity index (χ2v) is 19.7. The van der Waals surface area contributed by atoms with Crippen molar-refractivity contribution in [3.63, 3.8) is 0 Å². The van der Waals surface area contributed by atoms with Crippen molar-refractivity contribution in [2.24, 2.45) is 0 Å². The maximum absolute atomic E-state index is 12.7. The lowest BCUT2D eigenvalue weighted by molar-refractivity contribution is -0.383. The van der Waals surface area contributed by atoms with E-state index < -0.39 is 247 Å². The predicted molar refractivity (Wildman–Crippen MR) is 246 cm³/mol. The Labute approximate surface area is 448 Å². The standard InChI is InChI=1S/C44H74N4O31/c1-11(54)45-21-29(62)25(58)15(5-49)71-40(21)69-10-20-28(61)38(79-42-23(47-13(3)56)31(64)35(18(8-52)74-42)76-43-33(66)32(65)26(59)16(6-50)72-43)34(67)44(75-20)77-36-19(9-53)73-41(22(30(36)63)46-12(2)55)78-37-24(48-14(4)57)39(68)70-17(7-51)27(37)60/h15-44,49-53,58-68H,5-10H2,1-4H3,(H,45,54)(H,46,55)(H,47,56)(H,48,57)/t15-,16-,17-,18-,19-,20-,21-,22-,23-,24-,25-,26+,27+,28+,29-,30-,31-,32+,33-,34-,35-,36-,37-,38+,39+,40-,41+,42+,43+,44+/m1/s1. The van der Waals surface area contributed by atoms with E-state index in [1.165, 1.54) is 0 Å². The van der Waals surface area contributed by atoms with Crippen molar-refractivity contribution in [3.05, 3.63) is 0 Å². The summed E-state index contributed by atoms with van der Waals surface area (Å²) in [5.74, 6) is -3.22. The van der Waals surface area contributed by atoms with Gasteiger partial charge in [-0.1, -0.05) is 0 Å². The Kier molecular flexibility index (Phi) is 23.3. The predicted octanol–water partition coefficient (Wildman–Crippen LogP) is -13.5. The topological polar surface area (TPSA) is 542 Å². The lowest BCUT2D eigenvalue weighted by atomic mass is 9.93. The van der Waals surface area contributed by atoms with E-state index in [0.29, 0.717) is 0 Å². The molecule has 6 rings (SSSR count). The number of amides is 4. The second kappa shape index (κ2) is 28.4. The van der Waals surface area contributed by atoms with Gasteiger partial charge in [-0.05, 0) is 0 Å². The van der Waals surface area contributed by atoms with Crippen LogP contribution in [-0.2, 0) is 71.3 Å². The molecule has 20 N–H and O–H groups in total. The Morgan fingerprint density at radius 1 is 0.329 bits per heavy atom. The minimum atomic E-state index is -2.32. The lowest BCUT2D eigenvalue weighted by Gasteiger charge is -2.51. The average molecular weight is 1160 g/mol. The van der Waals surface area contributed by atoms with Gasteiger partial charge in [0.25, 0.3) is 0 Å². The van der Waals surface area contributed by atoms with Gasteiger partial charge >= 0.3 is 0 Å². The van der Waals surface area contributed by atoms with E-state index in [2.05, 4.69) is 21.3 Å². The van der Waals surface area contributed by atoms with Gasteiger partial charge in [-0.15, -0.1) is 0 Å². The Balaban J connectivity index is 1.33. The van der Waals surface area contributed by atoms with Gasteiger partial charge < -0.3 is 155 Å². The third kappa shape index (κ3) is 14.8. The van der Waals surface area contributed by atoms with Crippen LogP contribution in [0.3, 0.4) is 0 Å². The Bertz CT molecular complexity index is 1990. The van der Waals surface area contributed by atoms with Crippen molar-refractivity contribution < 1.29 is 153 Å². The first-order chi connectivity index (χ1) is 37.3. The molecule has 0 aromatic carbocycles. The first-order valence-electron chi connectivity index (χ1n) is 25.1. The molecule has 6 saturated heterocycles. The minimum absolute atomic E-state index is 0.748. The fourth-order valence-electron chi connectivity index (χ4n) is 10.0. The van der Waals surface area contributed by atoms with E-state index in [-0.39, 0.29) is 0 Å². The lowest BCUT2D eigenvalue weighted by Crippen LogP contribution is -2.71. The first-order valence-corrected chi connectivity index (χ1v) is 25.1. The van der Waals surface area contributed by atoms with E-state index in [9.17, 15) is 101 Å². The molecule has 35 heteroatoms. The van der Waals surface area contributed by atoms with Crippen LogP contribution >= 0.6 is 0 Å². The molecule has 6 aliphatic rings. The molecule has 6 aliphatic heterocycles. The SMILES string of the molecule is CC(=O)N[C@@H]1[C@@H](O[C@@H]2O[C@H](CO)[C@@H](O[C@@H]3O[C@H](CO[C@@H]4O[C@H](CO)[C@@H](O)[C@H](O)[C@H]4NC(C)=O)[C@H](O)[C@H](O[C@@H]4O[C@H](CO)[C@@H](O[C@@H]5O[C@H](CO)[C@H](O)[C@H](O)[C@H]5O)[C@H](O)[C@H]4NC(C)=O)[C@H]3O)[C@H](O)[C@H]2NC(C)=O)[C@@H](O)[C@@H](CO)O[C@@H]1O. The minimum Gasteiger partial charge on any atom is -0.394 e. The summed E-state index contributed by atoms with van der Waals surface area (Å²) in [6.07, 6.45) is -49.2. The van der Waals surface area contributed by atoms with Crippen molar-refractivity contribution in [2.45, 2.75) is 212 Å². The van der Waals surface area contributed by atoms with Crippen LogP contribution in [0, 0.1) is 0 Å². The molecule has 0 aromatic heterocycles. The summed E-state index contributed by atoms with van der Waals surface area (Å²) in [6.45, 7) is -1.56. The maximum Gasteiger partial charge on any atom is 0.217 e. The number of nitrogens with one attached hydrogen (secondary N) is 4. The third-order valence-electron chi connectivity index (χ3n) is 14.0. The zero-order valence-corrected chi connectivity index (χ0v) is 42.8. The number of hydrogen-bond acceptors (Lipinski definition) is 31. The first kappa shape index (κ1) is 65.0. The summed E-state index contributed by atoms with van der Waals surface area (Å²) in [4.78, 5) is 49.8. The van der Waals surface area contributed by atoms with E-state index in [4.69, 9.17) is 52.1 Å². The highest BCUT2D eigenvalue weighted by molar-refractivity contribution is 5.74. The van der Waals surface area contributed by atoms with Crippen LogP contribution in [0.5, 0.6) is 0 Å². The van der Waals surface area contributed by atoms with Crippen LogP contribution in [0.25, 0.3) is 0 Å². The molecular formula is C44H74N4O31. The Morgan fingerprint density at radius 2 is 0.671 bits per heavy atom. The molecule has 456 valence electrons. The van der Waals surface area contributed by atoms with Gasteiger partial charge in [0.15, 0.2) is 37.7 Å². The molecule has 0 aliphatic carbocycles. The summed E-state index contributed by atoms with van der Waals surface area (Å²) in [5.41, 5.74) is 0. The number of carbonyl (C=O) groups excluding carboxylic acids is 4. The zero-order valence-electron chi connectivity index (χ0n) is 42.8. The van der Waals surface area contributed by atoms with Crippen molar-refractivity contribution in [2.75, 3.05) is 39.6 Å². The Hall–Kier alpha value is -3.20. The molecular weight excluding hydrogens is 1080 g/mol. The average Bonchev–Trinajstić information content (AvgIpc) is 3.54. The van der Waals surface area contributed by atoms with Crippen molar-refractivity contribution in [1.82, 2.24) is 21.3 Å². The monoisotopic (exact) mass is 1150 g/mol. The summed E-state index contributed by atoms with van der Waals surface area (Å²) >= 11 is 0. The highest BCUT2D eigenvalue weighted by atomic mass is 16.8. The number of hydrogen-bond donors (Lipinski definition) is 20. The molecule has 4 amide bonds. The van der Waals surface area contributed by atoms with Gasteiger partial charge in [-0.25, -0.2) is 0 Å². The van der Waals surface area contributed by atoms with E-state index in [0.717, 1.165) is 27.7 Å². The van der Waals surface area contributed by atoms with Crippen LogP contribution in [-0.4, -0.2) is 329 Å². The highest BCUT2D eigenvalue weighted by Gasteiger charge is 2.58. The normalized spacial score (nSPS) is 46.7. The highest BCUT2D eigenvalue weighted by Crippen LogP contribution is 2.37. The number of carbonyl (C=O) groups is 4. The van der Waals surface area contributed by atoms with Crippen molar-refractivity contribution in [1.29, 1.82) is 0 Å². The summed E-state index contributed by atoms with van der Waals surface area (Å²) in [5, 5.41) is 183. The van der Waals surface area contributed by atoms with E-state index in [1.807, 2.05) is 0 Å². The fourth-order valence-corrected chi connectivity index (χ4v) is 10.0. The van der Waals surface area contributed by atoms with Crippen LogP contribution < -0.4 is 21.3 Å². The number of aliphatic hydroxyl groups excluding tert-OH is 16. The summed E-state index contributed by atoms with van der Waals surface area (Å²) in [7, 11) is 0. The van der Waals surface area contributed by atoms with Crippen LogP contribution in [0.4, 0.5) is 0 Å². The van der Waals surface area contributed by atoms with Gasteiger partial charge in [0.1, 0.15) is 146 Å². The quantitative estimate of drug-likeness (QED) is 0.0538. The summed E-state index contributed by atoms with van der Waals surface area (Å²) in [6, 6.07) is -6.73. The fraction of sp³-hybridized carbons (Fsp3) is 0.909. The van der Waals surface area contributed by atoms with Gasteiger partial charge in [0, 0.05) is 27.7 Å². The van der Waals surface area contributed by atoms with Gasteiger partial charge in [0.05, 0.1) is 39.6 Å². The van der Waals surface area contributed by atoms with Gasteiger partial charge in [0.2, 0.25) is 23.6 Å². The molecule has 0 aromatic rings. The number of rotatable bonds is 20. The molecule has 0 unspecified atom stereocenters. The van der Waals surface area contributed by atoms with Crippen LogP contribution in [0.2, 0.25) is 0 Å². The third-order valence-corrected chi connectivity index (χ3v) is 14.0. The summed E-state index contributed by atoms with van der Waals surface area (Å²) < 4.78 is 64.0. The molecule has 6 heterocycles. The molecule has 0 radical (unpaired) electrons. The second-order valence-electron chi connectivity index (χ2n) is 19.7. The smallest absolute Gasteiger partial charge is 0.217 e. The number of aliphatic hydroxyl groups is 16. The van der Waals surface area contributed by atoms with E-state index >= 15 is 0 Å². The largest absolute Gasteiger partial charge is 0.394 e. The molecule has 30 atom stereocenters. The molecule has 79 heavy (non-hydrogen) atoms. The molecule has 0 saturated carbocycles. The van der Waals surface area contributed by atoms with Crippen LogP contribution in [0.1, 0.15) is 27.7 Å². The Morgan fingerprint density at radius 3 is 1.13 bits per heavy atom. The van der Waals surface area contributed by atoms with Crippen LogP contribution in [0.15, 0.2) is 0 Å². The van der Waals surface area contributed by atoms with E-state index in [1.54, 1.807) is 0 Å². The van der Waals surface area contributed by atoms with Gasteiger partial charge in [-0.3, -0.25) is 19.2 Å². The molecule has 6 fully saturated rings. The number of ether oxygens (including phenoxy) is 11. The van der Waals surface area contributed by atoms with Crippen molar-refractivity contribution >= 4 is 23.6 Å². The molecule has 0 bridgehead atoms.